The number of hydrogen-bond donors (Lipinski definition) is 1. The second-order valence-corrected chi connectivity index (χ2v) is 5.54. The van der Waals surface area contributed by atoms with E-state index in [0.717, 1.165) is 55.4 Å². The van der Waals surface area contributed by atoms with Crippen LogP contribution in [0.4, 0.5) is 13.2 Å². The van der Waals surface area contributed by atoms with Crippen LogP contribution in [-0.4, -0.2) is 16.3 Å². The number of nitrogens with one attached hydrogen (secondary N) is 1. The molecule has 1 aliphatic heterocycles. The molecule has 1 aromatic carbocycles. The minimum atomic E-state index is -1.42. The number of hydrogen-bond acceptors (Lipinski definition) is 2. The van der Waals surface area contributed by atoms with Gasteiger partial charge in [-0.2, -0.15) is 5.10 Å². The van der Waals surface area contributed by atoms with Gasteiger partial charge < -0.3 is 5.32 Å². The third-order valence-corrected chi connectivity index (χ3v) is 4.01. The van der Waals surface area contributed by atoms with Crippen molar-refractivity contribution in [1.82, 2.24) is 15.1 Å². The summed E-state index contributed by atoms with van der Waals surface area (Å²) in [6, 6.07) is 2.24. The van der Waals surface area contributed by atoms with Crippen LogP contribution in [-0.2, 0) is 25.9 Å². The molecule has 0 amide bonds. The first-order chi connectivity index (χ1) is 10.6. The molecule has 1 aliphatic rings. The lowest BCUT2D eigenvalue weighted by atomic mass is 10.0. The summed E-state index contributed by atoms with van der Waals surface area (Å²) in [5.74, 6) is -3.72. The topological polar surface area (TPSA) is 29.9 Å². The van der Waals surface area contributed by atoms with Crippen LogP contribution in [0.5, 0.6) is 0 Å². The Morgan fingerprint density at radius 2 is 2.05 bits per heavy atom. The van der Waals surface area contributed by atoms with Crippen molar-refractivity contribution < 1.29 is 13.2 Å². The summed E-state index contributed by atoms with van der Waals surface area (Å²) in [6.45, 7) is 3.79. The largest absolute Gasteiger partial charge is 0.312 e. The molecule has 22 heavy (non-hydrogen) atoms. The third kappa shape index (κ3) is 2.63. The van der Waals surface area contributed by atoms with Gasteiger partial charge in [-0.1, -0.05) is 19.4 Å². The van der Waals surface area contributed by atoms with Crippen LogP contribution in [0.3, 0.4) is 0 Å². The molecule has 2 aromatic rings. The average Bonchev–Trinajstić information content (AvgIpc) is 2.87. The molecule has 0 aliphatic carbocycles. The summed E-state index contributed by atoms with van der Waals surface area (Å²) in [5.41, 5.74) is 3.35. The van der Waals surface area contributed by atoms with Crippen LogP contribution >= 0.6 is 0 Å². The summed E-state index contributed by atoms with van der Waals surface area (Å²) in [4.78, 5) is 0. The van der Waals surface area contributed by atoms with Crippen LogP contribution in [0.25, 0.3) is 0 Å². The number of fused-ring (bicyclic) bond motifs is 1. The van der Waals surface area contributed by atoms with Crippen LogP contribution < -0.4 is 5.32 Å². The maximum Gasteiger partial charge on any atom is 0.194 e. The number of benzene rings is 1. The van der Waals surface area contributed by atoms with Gasteiger partial charge in [0.1, 0.15) is 0 Å². The van der Waals surface area contributed by atoms with Crippen molar-refractivity contribution >= 4 is 0 Å². The molecule has 0 atom stereocenters. The van der Waals surface area contributed by atoms with Crippen molar-refractivity contribution in [2.75, 3.05) is 6.54 Å². The fourth-order valence-corrected chi connectivity index (χ4v) is 2.91. The fourth-order valence-electron chi connectivity index (χ4n) is 2.91. The Kier molecular flexibility index (Phi) is 4.20. The van der Waals surface area contributed by atoms with Crippen LogP contribution in [0.2, 0.25) is 0 Å². The second kappa shape index (κ2) is 6.12. The SMILES string of the molecule is CCCc1nn(Cc2ccc(F)c(F)c2F)c2c1CNCC2. The first kappa shape index (κ1) is 15.1. The van der Waals surface area contributed by atoms with E-state index in [1.807, 2.05) is 0 Å². The van der Waals surface area contributed by atoms with Gasteiger partial charge in [-0.05, 0) is 12.5 Å². The zero-order valence-electron chi connectivity index (χ0n) is 12.4. The fraction of sp³-hybridized carbons (Fsp3) is 0.438. The predicted molar refractivity (Wildman–Crippen MR) is 77.1 cm³/mol. The first-order valence-corrected chi connectivity index (χ1v) is 7.52. The Bertz CT molecular complexity index is 694. The molecule has 2 heterocycles. The number of aromatic nitrogens is 2. The van der Waals surface area contributed by atoms with E-state index in [0.29, 0.717) is 0 Å². The Balaban J connectivity index is 1.97. The normalized spacial score (nSPS) is 14.2. The Morgan fingerprint density at radius 1 is 1.23 bits per heavy atom. The molecular formula is C16H18F3N3. The van der Waals surface area contributed by atoms with E-state index in [1.165, 1.54) is 6.07 Å². The van der Waals surface area contributed by atoms with E-state index in [-0.39, 0.29) is 12.1 Å². The molecule has 3 nitrogen and oxygen atoms in total. The van der Waals surface area contributed by atoms with Gasteiger partial charge in [-0.15, -0.1) is 0 Å². The molecular weight excluding hydrogens is 291 g/mol. The van der Waals surface area contributed by atoms with Crippen LogP contribution in [0.15, 0.2) is 12.1 Å². The molecule has 0 saturated heterocycles. The summed E-state index contributed by atoms with van der Waals surface area (Å²) in [7, 11) is 0. The van der Waals surface area contributed by atoms with Gasteiger partial charge in [-0.3, -0.25) is 4.68 Å². The Morgan fingerprint density at radius 3 is 2.82 bits per heavy atom. The molecule has 0 fully saturated rings. The lowest BCUT2D eigenvalue weighted by Gasteiger charge is -2.16. The Labute approximate surface area is 127 Å². The van der Waals surface area contributed by atoms with E-state index in [1.54, 1.807) is 4.68 Å². The maximum atomic E-state index is 13.9. The molecule has 6 heteroatoms. The number of rotatable bonds is 4. The maximum absolute atomic E-state index is 13.9. The molecule has 0 unspecified atom stereocenters. The molecule has 0 spiro atoms. The molecule has 0 bridgehead atoms. The van der Waals surface area contributed by atoms with Gasteiger partial charge in [0.15, 0.2) is 17.5 Å². The highest BCUT2D eigenvalue weighted by molar-refractivity contribution is 5.30. The van der Waals surface area contributed by atoms with E-state index in [2.05, 4.69) is 17.3 Å². The lowest BCUT2D eigenvalue weighted by molar-refractivity contribution is 0.436. The quantitative estimate of drug-likeness (QED) is 0.880. The second-order valence-electron chi connectivity index (χ2n) is 5.54. The molecule has 0 saturated carbocycles. The smallest absolute Gasteiger partial charge is 0.194 e. The van der Waals surface area contributed by atoms with Crippen LogP contribution in [0, 0.1) is 17.5 Å². The van der Waals surface area contributed by atoms with Gasteiger partial charge in [-0.25, -0.2) is 13.2 Å². The molecule has 118 valence electrons. The molecule has 3 rings (SSSR count). The van der Waals surface area contributed by atoms with Gasteiger partial charge in [0.25, 0.3) is 0 Å². The highest BCUT2D eigenvalue weighted by atomic mass is 19.2. The summed E-state index contributed by atoms with van der Waals surface area (Å²) < 4.78 is 42.0. The van der Waals surface area contributed by atoms with Crippen molar-refractivity contribution in [2.24, 2.45) is 0 Å². The lowest BCUT2D eigenvalue weighted by Crippen LogP contribution is -2.25. The van der Waals surface area contributed by atoms with Crippen molar-refractivity contribution in [3.05, 3.63) is 52.1 Å². The number of aryl methyl sites for hydroxylation is 1. The summed E-state index contributed by atoms with van der Waals surface area (Å²) in [6.07, 6.45) is 2.64. The number of halogens is 3. The summed E-state index contributed by atoms with van der Waals surface area (Å²) >= 11 is 0. The van der Waals surface area contributed by atoms with E-state index >= 15 is 0 Å². The standard InChI is InChI=1S/C16H18F3N3/c1-2-3-13-11-8-20-7-6-14(11)22(21-13)9-10-4-5-12(17)16(19)15(10)18/h4-5,20H,2-3,6-9H2,1H3. The molecule has 0 radical (unpaired) electrons. The van der Waals surface area contributed by atoms with E-state index < -0.39 is 17.5 Å². The van der Waals surface area contributed by atoms with Crippen molar-refractivity contribution in [3.8, 4) is 0 Å². The van der Waals surface area contributed by atoms with Crippen molar-refractivity contribution in [3.63, 3.8) is 0 Å². The van der Waals surface area contributed by atoms with Gasteiger partial charge in [0.05, 0.1) is 12.2 Å². The highest BCUT2D eigenvalue weighted by Gasteiger charge is 2.21. The minimum Gasteiger partial charge on any atom is -0.312 e. The van der Waals surface area contributed by atoms with Crippen molar-refractivity contribution in [2.45, 2.75) is 39.3 Å². The molecule has 1 N–H and O–H groups in total. The van der Waals surface area contributed by atoms with Gasteiger partial charge >= 0.3 is 0 Å². The zero-order valence-corrected chi connectivity index (χ0v) is 12.4. The first-order valence-electron chi connectivity index (χ1n) is 7.52. The highest BCUT2D eigenvalue weighted by Crippen LogP contribution is 2.22. The van der Waals surface area contributed by atoms with E-state index in [4.69, 9.17) is 0 Å². The monoisotopic (exact) mass is 309 g/mol. The van der Waals surface area contributed by atoms with Gasteiger partial charge in [0, 0.05) is 36.3 Å². The average molecular weight is 309 g/mol. The van der Waals surface area contributed by atoms with Crippen molar-refractivity contribution in [1.29, 1.82) is 0 Å². The van der Waals surface area contributed by atoms with Gasteiger partial charge in [0.2, 0.25) is 0 Å². The van der Waals surface area contributed by atoms with Crippen LogP contribution in [0.1, 0.15) is 35.9 Å². The van der Waals surface area contributed by atoms with E-state index in [9.17, 15) is 13.2 Å². The predicted octanol–water partition coefficient (Wildman–Crippen LogP) is 2.95. The third-order valence-electron chi connectivity index (χ3n) is 4.01. The number of nitrogens with zero attached hydrogens (tertiary/aromatic N) is 2. The molecule has 1 aromatic heterocycles. The summed E-state index contributed by atoms with van der Waals surface area (Å²) in [5, 5.41) is 7.87. The minimum absolute atomic E-state index is 0.116. The zero-order chi connectivity index (χ0) is 15.7. The Hall–Kier alpha value is -1.82.